The van der Waals surface area contributed by atoms with Crippen LogP contribution in [0.5, 0.6) is 0 Å². The lowest BCUT2D eigenvalue weighted by Gasteiger charge is -2.43. The van der Waals surface area contributed by atoms with E-state index in [4.69, 9.17) is 9.72 Å². The van der Waals surface area contributed by atoms with Gasteiger partial charge < -0.3 is 15.0 Å². The van der Waals surface area contributed by atoms with Gasteiger partial charge in [0.25, 0.3) is 0 Å². The molecule has 7 heteroatoms. The Morgan fingerprint density at radius 2 is 1.79 bits per heavy atom. The molecular formula is C26H37N5O2. The first kappa shape index (κ1) is 23.5. The fourth-order valence-corrected chi connectivity index (χ4v) is 4.95. The molecule has 1 N–H and O–H groups in total. The lowest BCUT2D eigenvalue weighted by Crippen LogP contribution is -2.51. The third kappa shape index (κ3) is 5.82. The van der Waals surface area contributed by atoms with Crippen molar-refractivity contribution in [3.8, 4) is 0 Å². The molecule has 1 unspecified atom stereocenters. The van der Waals surface area contributed by atoms with Crippen molar-refractivity contribution in [2.24, 2.45) is 0 Å². The van der Waals surface area contributed by atoms with E-state index in [1.807, 2.05) is 31.9 Å². The van der Waals surface area contributed by atoms with Crippen LogP contribution in [0, 0.1) is 13.8 Å². The molecule has 0 bridgehead atoms. The van der Waals surface area contributed by atoms with Crippen molar-refractivity contribution in [2.45, 2.75) is 85.0 Å². The number of hydrogen-bond donors (Lipinski definition) is 1. The van der Waals surface area contributed by atoms with Gasteiger partial charge in [-0.05, 0) is 89.6 Å². The van der Waals surface area contributed by atoms with E-state index >= 15 is 0 Å². The molecule has 0 aliphatic carbocycles. The number of aryl methyl sites for hydroxylation is 2. The van der Waals surface area contributed by atoms with Crippen LogP contribution in [0.15, 0.2) is 24.4 Å². The molecule has 7 nitrogen and oxygen atoms in total. The van der Waals surface area contributed by atoms with Crippen LogP contribution in [-0.2, 0) is 17.7 Å². The summed E-state index contributed by atoms with van der Waals surface area (Å²) in [5, 5.41) is 3.38. The molecule has 3 heterocycles. The largest absolute Gasteiger partial charge is 0.444 e. The molecule has 1 aromatic carbocycles. The van der Waals surface area contributed by atoms with Crippen molar-refractivity contribution in [1.82, 2.24) is 19.8 Å². The van der Waals surface area contributed by atoms with Crippen LogP contribution < -0.4 is 5.32 Å². The highest BCUT2D eigenvalue weighted by Crippen LogP contribution is 2.29. The molecule has 1 fully saturated rings. The van der Waals surface area contributed by atoms with Crippen molar-refractivity contribution >= 4 is 17.7 Å². The topological polar surface area (TPSA) is 70.6 Å². The monoisotopic (exact) mass is 451 g/mol. The van der Waals surface area contributed by atoms with Crippen LogP contribution in [0.1, 0.15) is 62.9 Å². The first-order valence-electron chi connectivity index (χ1n) is 12.0. The van der Waals surface area contributed by atoms with E-state index in [0.29, 0.717) is 18.0 Å². The standard InChI is InChI=1S/C26H37N5O2/c1-17-11-18(2)13-21(12-17)28-24-27-15-20-14-19(3)31(16-23(20)29-24)22-7-9-30(10-8-22)25(32)33-26(4,5)6/h11-13,15,19,22H,7-10,14,16H2,1-6H3,(H,27,28,29). The van der Waals surface area contributed by atoms with Gasteiger partial charge in [-0.3, -0.25) is 4.90 Å². The molecule has 178 valence electrons. The highest BCUT2D eigenvalue weighted by atomic mass is 16.6. The molecule has 0 saturated carbocycles. The van der Waals surface area contributed by atoms with Crippen molar-refractivity contribution in [3.63, 3.8) is 0 Å². The number of amides is 1. The number of hydrogen-bond acceptors (Lipinski definition) is 6. The minimum absolute atomic E-state index is 0.201. The van der Waals surface area contributed by atoms with Crippen molar-refractivity contribution in [2.75, 3.05) is 18.4 Å². The maximum Gasteiger partial charge on any atom is 0.410 e. The van der Waals surface area contributed by atoms with Crippen molar-refractivity contribution in [3.05, 3.63) is 46.8 Å². The van der Waals surface area contributed by atoms with Gasteiger partial charge in [0, 0.05) is 43.6 Å². The predicted molar refractivity (Wildman–Crippen MR) is 131 cm³/mol. The Morgan fingerprint density at radius 1 is 1.12 bits per heavy atom. The third-order valence-electron chi connectivity index (χ3n) is 6.43. The summed E-state index contributed by atoms with van der Waals surface area (Å²) in [6, 6.07) is 7.26. The van der Waals surface area contributed by atoms with Gasteiger partial charge in [-0.1, -0.05) is 6.07 Å². The summed E-state index contributed by atoms with van der Waals surface area (Å²) in [6.45, 7) is 14.5. The Balaban J connectivity index is 1.41. The SMILES string of the molecule is Cc1cc(C)cc(Nc2ncc3c(n2)CN(C2CCN(C(=O)OC(C)(C)C)CC2)C(C)C3)c1. The Hall–Kier alpha value is -2.67. The summed E-state index contributed by atoms with van der Waals surface area (Å²) < 4.78 is 5.55. The number of nitrogens with zero attached hydrogens (tertiary/aromatic N) is 4. The van der Waals surface area contributed by atoms with E-state index in [0.717, 1.165) is 50.3 Å². The number of anilines is 2. The molecule has 1 aromatic heterocycles. The summed E-state index contributed by atoms with van der Waals surface area (Å²) >= 11 is 0. The summed E-state index contributed by atoms with van der Waals surface area (Å²) in [5.41, 5.74) is 5.33. The first-order valence-corrected chi connectivity index (χ1v) is 12.0. The molecule has 2 aliphatic rings. The molecular weight excluding hydrogens is 414 g/mol. The zero-order valence-electron chi connectivity index (χ0n) is 20.8. The van der Waals surface area contributed by atoms with Crippen LogP contribution in [0.2, 0.25) is 0 Å². The van der Waals surface area contributed by atoms with E-state index in [1.165, 1.54) is 16.7 Å². The van der Waals surface area contributed by atoms with Gasteiger partial charge in [-0.2, -0.15) is 0 Å². The maximum absolute atomic E-state index is 12.4. The zero-order chi connectivity index (χ0) is 23.8. The fourth-order valence-electron chi connectivity index (χ4n) is 4.95. The average molecular weight is 452 g/mol. The smallest absolute Gasteiger partial charge is 0.410 e. The molecule has 1 amide bonds. The van der Waals surface area contributed by atoms with Crippen LogP contribution in [-0.4, -0.2) is 56.6 Å². The summed E-state index contributed by atoms with van der Waals surface area (Å²) in [7, 11) is 0. The number of ether oxygens (including phenoxy) is 1. The van der Waals surface area contributed by atoms with Crippen LogP contribution >= 0.6 is 0 Å². The number of likely N-dealkylation sites (tertiary alicyclic amines) is 1. The Morgan fingerprint density at radius 3 is 2.42 bits per heavy atom. The lowest BCUT2D eigenvalue weighted by atomic mass is 9.94. The number of fused-ring (bicyclic) bond motifs is 1. The second kappa shape index (κ2) is 9.29. The van der Waals surface area contributed by atoms with E-state index < -0.39 is 5.60 Å². The first-order chi connectivity index (χ1) is 15.6. The van der Waals surface area contributed by atoms with Crippen LogP contribution in [0.25, 0.3) is 0 Å². The molecule has 1 saturated heterocycles. The van der Waals surface area contributed by atoms with Gasteiger partial charge in [-0.15, -0.1) is 0 Å². The summed E-state index contributed by atoms with van der Waals surface area (Å²) in [4.78, 5) is 26.3. The maximum atomic E-state index is 12.4. The normalized spacial score (nSPS) is 19.8. The zero-order valence-corrected chi connectivity index (χ0v) is 20.8. The number of carbonyl (C=O) groups is 1. The Bertz CT molecular complexity index is 988. The minimum Gasteiger partial charge on any atom is -0.444 e. The van der Waals surface area contributed by atoms with Gasteiger partial charge in [0.05, 0.1) is 5.69 Å². The number of rotatable bonds is 3. The van der Waals surface area contributed by atoms with Gasteiger partial charge in [-0.25, -0.2) is 14.8 Å². The quantitative estimate of drug-likeness (QED) is 0.709. The molecule has 4 rings (SSSR count). The molecule has 1 atom stereocenters. The Labute approximate surface area is 197 Å². The molecule has 2 aliphatic heterocycles. The average Bonchev–Trinajstić information content (AvgIpc) is 2.72. The minimum atomic E-state index is -0.457. The van der Waals surface area contributed by atoms with Crippen molar-refractivity contribution in [1.29, 1.82) is 0 Å². The second-order valence-corrected chi connectivity index (χ2v) is 10.6. The van der Waals surface area contributed by atoms with E-state index in [-0.39, 0.29) is 6.09 Å². The number of nitrogens with one attached hydrogen (secondary N) is 1. The van der Waals surface area contributed by atoms with E-state index in [9.17, 15) is 4.79 Å². The molecule has 0 spiro atoms. The number of carbonyl (C=O) groups excluding carboxylic acids is 1. The highest BCUT2D eigenvalue weighted by molar-refractivity contribution is 5.68. The molecule has 2 aromatic rings. The number of aromatic nitrogens is 2. The van der Waals surface area contributed by atoms with Gasteiger partial charge >= 0.3 is 6.09 Å². The summed E-state index contributed by atoms with van der Waals surface area (Å²) in [5.74, 6) is 0.646. The van der Waals surface area contributed by atoms with E-state index in [2.05, 4.69) is 54.2 Å². The van der Waals surface area contributed by atoms with Crippen LogP contribution in [0.3, 0.4) is 0 Å². The number of piperidine rings is 1. The highest BCUT2D eigenvalue weighted by Gasteiger charge is 2.34. The van der Waals surface area contributed by atoms with Gasteiger partial charge in [0.2, 0.25) is 5.95 Å². The van der Waals surface area contributed by atoms with Crippen molar-refractivity contribution < 1.29 is 9.53 Å². The molecule has 33 heavy (non-hydrogen) atoms. The van der Waals surface area contributed by atoms with Gasteiger partial charge in [0.15, 0.2) is 0 Å². The molecule has 0 radical (unpaired) electrons. The summed E-state index contributed by atoms with van der Waals surface area (Å²) in [6.07, 6.45) is 4.64. The third-order valence-corrected chi connectivity index (χ3v) is 6.43. The van der Waals surface area contributed by atoms with Gasteiger partial charge in [0.1, 0.15) is 5.60 Å². The Kier molecular flexibility index (Phi) is 6.61. The lowest BCUT2D eigenvalue weighted by molar-refractivity contribution is 0.00930. The number of benzene rings is 1. The van der Waals surface area contributed by atoms with Crippen LogP contribution in [0.4, 0.5) is 16.4 Å². The predicted octanol–water partition coefficient (Wildman–Crippen LogP) is 4.98. The second-order valence-electron chi connectivity index (χ2n) is 10.6. The van der Waals surface area contributed by atoms with E-state index in [1.54, 1.807) is 0 Å². The fraction of sp³-hybridized carbons (Fsp3) is 0.577.